The lowest BCUT2D eigenvalue weighted by Crippen LogP contribution is -2.15. The van der Waals surface area contributed by atoms with Gasteiger partial charge in [0.2, 0.25) is 0 Å². The molecule has 0 unspecified atom stereocenters. The van der Waals surface area contributed by atoms with Crippen LogP contribution in [0.25, 0.3) is 11.6 Å². The molecule has 4 nitrogen and oxygen atoms in total. The molecule has 0 aliphatic rings. The Morgan fingerprint density at radius 2 is 1.67 bits per heavy atom. The van der Waals surface area contributed by atoms with Crippen LogP contribution in [0, 0.1) is 25.5 Å². The molecule has 0 aliphatic heterocycles. The van der Waals surface area contributed by atoms with Gasteiger partial charge in [-0.05, 0) is 90.9 Å². The second-order valence-corrected chi connectivity index (χ2v) is 11.8. The van der Waals surface area contributed by atoms with Crippen LogP contribution in [0.1, 0.15) is 40.7 Å². The standard InChI is InChI=1S/C28H32F2NO3PS/c1-20-4-5-23(14-21(20)2)15-24(25-16-26(29)18-27(30)17-25)10-13-36-28-8-6-22(7-9-28)19-31-11-3-12-35(32,33)34/h4-9,14-18,31H,3,10-13,19H2,1-2H3,(H2,32,33,34)/b24-15+. The molecule has 3 rings (SSSR count). The zero-order chi connectivity index (χ0) is 26.1. The molecule has 0 aliphatic carbocycles. The summed E-state index contributed by atoms with van der Waals surface area (Å²) in [5, 5.41) is 3.19. The maximum absolute atomic E-state index is 13.9. The average Bonchev–Trinajstić information content (AvgIpc) is 2.80. The second-order valence-electron chi connectivity index (χ2n) is 8.83. The molecule has 8 heteroatoms. The van der Waals surface area contributed by atoms with Crippen molar-refractivity contribution < 1.29 is 23.1 Å². The number of benzene rings is 3. The van der Waals surface area contributed by atoms with Crippen molar-refractivity contribution in [3.8, 4) is 0 Å². The Hall–Kier alpha value is -2.28. The van der Waals surface area contributed by atoms with E-state index in [1.807, 2.05) is 49.4 Å². The van der Waals surface area contributed by atoms with Gasteiger partial charge in [0, 0.05) is 23.3 Å². The number of allylic oxidation sites excluding steroid dienone is 1. The van der Waals surface area contributed by atoms with Crippen LogP contribution < -0.4 is 5.32 Å². The summed E-state index contributed by atoms with van der Waals surface area (Å²) in [5.41, 5.74) is 5.87. The number of thioether (sulfide) groups is 1. The minimum Gasteiger partial charge on any atom is -0.324 e. The van der Waals surface area contributed by atoms with Gasteiger partial charge in [-0.3, -0.25) is 4.57 Å². The van der Waals surface area contributed by atoms with E-state index in [9.17, 15) is 13.3 Å². The molecular weight excluding hydrogens is 499 g/mol. The zero-order valence-corrected chi connectivity index (χ0v) is 22.2. The molecule has 0 heterocycles. The number of nitrogens with one attached hydrogen (secondary N) is 1. The Morgan fingerprint density at radius 3 is 2.31 bits per heavy atom. The fraction of sp³-hybridized carbons (Fsp3) is 0.286. The van der Waals surface area contributed by atoms with E-state index < -0.39 is 19.2 Å². The molecular formula is C28H32F2NO3PS. The second kappa shape index (κ2) is 13.3. The minimum absolute atomic E-state index is 0.113. The smallest absolute Gasteiger partial charge is 0.324 e. The molecule has 0 spiro atoms. The van der Waals surface area contributed by atoms with Crippen molar-refractivity contribution in [3.05, 3.63) is 100 Å². The van der Waals surface area contributed by atoms with Crippen LogP contribution in [0.3, 0.4) is 0 Å². The van der Waals surface area contributed by atoms with Crippen molar-refractivity contribution >= 4 is 31.0 Å². The lowest BCUT2D eigenvalue weighted by Gasteiger charge is -2.11. The summed E-state index contributed by atoms with van der Waals surface area (Å²) in [6, 6.07) is 17.9. The number of halogens is 2. The maximum atomic E-state index is 13.9. The van der Waals surface area contributed by atoms with Crippen LogP contribution >= 0.6 is 19.4 Å². The van der Waals surface area contributed by atoms with Gasteiger partial charge >= 0.3 is 7.60 Å². The summed E-state index contributed by atoms with van der Waals surface area (Å²) in [6.45, 7) is 5.26. The van der Waals surface area contributed by atoms with Crippen LogP contribution in [0.15, 0.2) is 65.6 Å². The van der Waals surface area contributed by atoms with Crippen molar-refractivity contribution in [1.82, 2.24) is 5.32 Å². The molecule has 3 aromatic carbocycles. The topological polar surface area (TPSA) is 69.6 Å². The minimum atomic E-state index is -3.94. The molecule has 0 saturated heterocycles. The molecule has 192 valence electrons. The summed E-state index contributed by atoms with van der Waals surface area (Å²) in [6.07, 6.45) is 2.95. The summed E-state index contributed by atoms with van der Waals surface area (Å²) in [7, 11) is -3.94. The Bertz CT molecular complexity index is 1220. The van der Waals surface area contributed by atoms with E-state index in [-0.39, 0.29) is 6.16 Å². The van der Waals surface area contributed by atoms with Crippen molar-refractivity contribution in [2.45, 2.75) is 38.1 Å². The molecule has 0 fully saturated rings. The van der Waals surface area contributed by atoms with E-state index in [4.69, 9.17) is 9.79 Å². The monoisotopic (exact) mass is 531 g/mol. The lowest BCUT2D eigenvalue weighted by molar-refractivity contribution is 0.371. The summed E-state index contributed by atoms with van der Waals surface area (Å²) >= 11 is 1.68. The number of hydrogen-bond donors (Lipinski definition) is 3. The van der Waals surface area contributed by atoms with Crippen molar-refractivity contribution in [3.63, 3.8) is 0 Å². The molecule has 0 atom stereocenters. The molecule has 0 bridgehead atoms. The Morgan fingerprint density at radius 1 is 0.972 bits per heavy atom. The van der Waals surface area contributed by atoms with Crippen molar-refractivity contribution in [2.24, 2.45) is 0 Å². The summed E-state index contributed by atoms with van der Waals surface area (Å²) in [4.78, 5) is 18.9. The number of hydrogen-bond acceptors (Lipinski definition) is 3. The van der Waals surface area contributed by atoms with Gasteiger partial charge in [0.1, 0.15) is 11.6 Å². The van der Waals surface area contributed by atoms with E-state index in [0.29, 0.717) is 31.5 Å². The maximum Gasteiger partial charge on any atom is 0.325 e. The lowest BCUT2D eigenvalue weighted by atomic mass is 9.98. The van der Waals surface area contributed by atoms with Gasteiger partial charge in [-0.2, -0.15) is 0 Å². The van der Waals surface area contributed by atoms with Crippen LogP contribution in [-0.2, 0) is 11.1 Å². The highest BCUT2D eigenvalue weighted by Gasteiger charge is 2.11. The van der Waals surface area contributed by atoms with Gasteiger partial charge in [0.25, 0.3) is 0 Å². The van der Waals surface area contributed by atoms with E-state index in [1.165, 1.54) is 23.3 Å². The molecule has 3 N–H and O–H groups in total. The number of aryl methyl sites for hydroxylation is 2. The molecule has 36 heavy (non-hydrogen) atoms. The average molecular weight is 532 g/mol. The van der Waals surface area contributed by atoms with Crippen LogP contribution in [-0.4, -0.2) is 28.2 Å². The van der Waals surface area contributed by atoms with Gasteiger partial charge in [-0.15, -0.1) is 11.8 Å². The number of rotatable bonds is 12. The first-order valence-corrected chi connectivity index (χ1v) is 14.6. The van der Waals surface area contributed by atoms with Gasteiger partial charge in [0.05, 0.1) is 6.16 Å². The molecule has 0 amide bonds. The zero-order valence-electron chi connectivity index (χ0n) is 20.5. The third-order valence-electron chi connectivity index (χ3n) is 5.80. The van der Waals surface area contributed by atoms with E-state index in [2.05, 4.69) is 18.3 Å². The Labute approximate surface area is 216 Å². The first-order valence-electron chi connectivity index (χ1n) is 11.8. The highest BCUT2D eigenvalue weighted by Crippen LogP contribution is 2.34. The highest BCUT2D eigenvalue weighted by molar-refractivity contribution is 7.99. The normalized spacial score (nSPS) is 12.2. The van der Waals surface area contributed by atoms with Gasteiger partial charge in [0.15, 0.2) is 0 Å². The van der Waals surface area contributed by atoms with Crippen molar-refractivity contribution in [2.75, 3.05) is 18.5 Å². The third kappa shape index (κ3) is 9.64. The van der Waals surface area contributed by atoms with E-state index in [0.717, 1.165) is 33.4 Å². The third-order valence-corrected chi connectivity index (χ3v) is 7.71. The van der Waals surface area contributed by atoms with Crippen LogP contribution in [0.5, 0.6) is 0 Å². The fourth-order valence-electron chi connectivity index (χ4n) is 3.72. The quantitative estimate of drug-likeness (QED) is 0.102. The van der Waals surface area contributed by atoms with E-state index in [1.54, 1.807) is 11.8 Å². The first kappa shape index (κ1) is 28.3. The van der Waals surface area contributed by atoms with Gasteiger partial charge < -0.3 is 15.1 Å². The molecule has 3 aromatic rings. The van der Waals surface area contributed by atoms with Gasteiger partial charge in [-0.1, -0.05) is 36.4 Å². The summed E-state index contributed by atoms with van der Waals surface area (Å²) < 4.78 is 38.8. The van der Waals surface area contributed by atoms with Gasteiger partial charge in [-0.25, -0.2) is 8.78 Å². The predicted octanol–water partition coefficient (Wildman–Crippen LogP) is 6.96. The highest BCUT2D eigenvalue weighted by atomic mass is 32.2. The SMILES string of the molecule is Cc1ccc(/C=C(\CCSc2ccc(CNCCCP(=O)(O)O)cc2)c2cc(F)cc(F)c2)cc1C. The van der Waals surface area contributed by atoms with Crippen LogP contribution in [0.4, 0.5) is 8.78 Å². The van der Waals surface area contributed by atoms with Crippen LogP contribution in [0.2, 0.25) is 0 Å². The first-order chi connectivity index (χ1) is 17.1. The van der Waals surface area contributed by atoms with Crippen molar-refractivity contribution in [1.29, 1.82) is 0 Å². The van der Waals surface area contributed by atoms with E-state index >= 15 is 0 Å². The molecule has 0 saturated carbocycles. The fourth-order valence-corrected chi connectivity index (χ4v) is 5.18. The largest absolute Gasteiger partial charge is 0.325 e. The molecule has 0 radical (unpaired) electrons. The Balaban J connectivity index is 1.61. The predicted molar refractivity (Wildman–Crippen MR) is 145 cm³/mol. The Kier molecular flexibility index (Phi) is 10.5. The molecule has 0 aromatic heterocycles. The summed E-state index contributed by atoms with van der Waals surface area (Å²) in [5.74, 6) is -0.432.